The Morgan fingerprint density at radius 2 is 1.58 bits per heavy atom. The van der Waals surface area contributed by atoms with Gasteiger partial charge in [-0.15, -0.1) is 0 Å². The molecule has 0 aliphatic heterocycles. The van der Waals surface area contributed by atoms with Gasteiger partial charge in [-0.25, -0.2) is 9.37 Å². The van der Waals surface area contributed by atoms with Gasteiger partial charge >= 0.3 is 0 Å². The van der Waals surface area contributed by atoms with E-state index in [1.807, 2.05) is 47.2 Å². The number of imidazole rings is 1. The highest BCUT2D eigenvalue weighted by Crippen LogP contribution is 2.35. The first-order valence-corrected chi connectivity index (χ1v) is 7.61. The zero-order valence-corrected chi connectivity index (χ0v) is 12.8. The predicted molar refractivity (Wildman–Crippen MR) is 92.2 cm³/mol. The first-order chi connectivity index (χ1) is 11.8. The topological polar surface area (TPSA) is 30.7 Å². The molecule has 24 heavy (non-hydrogen) atoms. The Bertz CT molecular complexity index is 946. The Balaban J connectivity index is 2.00. The Morgan fingerprint density at radius 3 is 2.29 bits per heavy atom. The molecule has 4 aromatic rings. The molecule has 0 saturated carbocycles. The predicted octanol–water partition coefficient (Wildman–Crippen LogP) is 4.74. The molecule has 116 valence electrons. The van der Waals surface area contributed by atoms with Crippen LogP contribution in [0.4, 0.5) is 4.39 Å². The molecule has 2 aromatic heterocycles. The molecule has 0 fully saturated rings. The summed E-state index contributed by atoms with van der Waals surface area (Å²) in [6, 6.07) is 18.4. The largest absolute Gasteiger partial charge is 0.306 e. The second-order valence-electron chi connectivity index (χ2n) is 5.40. The molecule has 0 bridgehead atoms. The number of pyridine rings is 1. The summed E-state index contributed by atoms with van der Waals surface area (Å²) in [5, 5.41) is 0. The zero-order chi connectivity index (χ0) is 16.4. The van der Waals surface area contributed by atoms with Crippen LogP contribution in [0.1, 0.15) is 0 Å². The average Bonchev–Trinajstić information content (AvgIpc) is 3.17. The van der Waals surface area contributed by atoms with Crippen LogP contribution in [0.3, 0.4) is 0 Å². The molecule has 4 heteroatoms. The molecular formula is C20H14FN3. The van der Waals surface area contributed by atoms with E-state index >= 15 is 0 Å². The van der Waals surface area contributed by atoms with Gasteiger partial charge in [0.15, 0.2) is 0 Å². The van der Waals surface area contributed by atoms with Crippen molar-refractivity contribution in [3.8, 4) is 28.1 Å². The van der Waals surface area contributed by atoms with Crippen molar-refractivity contribution >= 4 is 0 Å². The number of aromatic nitrogens is 3. The molecule has 2 aromatic carbocycles. The van der Waals surface area contributed by atoms with E-state index in [-0.39, 0.29) is 5.82 Å². The maximum Gasteiger partial charge on any atom is 0.123 e. The molecule has 0 radical (unpaired) electrons. The third kappa shape index (κ3) is 2.58. The molecule has 4 rings (SSSR count). The summed E-state index contributed by atoms with van der Waals surface area (Å²) < 4.78 is 15.3. The number of halogens is 1. The third-order valence-corrected chi connectivity index (χ3v) is 3.89. The summed E-state index contributed by atoms with van der Waals surface area (Å²) in [4.78, 5) is 8.71. The third-order valence-electron chi connectivity index (χ3n) is 3.89. The summed E-state index contributed by atoms with van der Waals surface area (Å²) >= 11 is 0. The highest BCUT2D eigenvalue weighted by molar-refractivity contribution is 5.86. The number of nitrogens with zero attached hydrogens (tertiary/aromatic N) is 3. The minimum absolute atomic E-state index is 0.259. The van der Waals surface area contributed by atoms with E-state index in [1.54, 1.807) is 30.9 Å². The smallest absolute Gasteiger partial charge is 0.123 e. The summed E-state index contributed by atoms with van der Waals surface area (Å²) in [6.07, 6.45) is 7.17. The highest BCUT2D eigenvalue weighted by Gasteiger charge is 2.15. The number of benzene rings is 2. The van der Waals surface area contributed by atoms with Gasteiger partial charge in [0.2, 0.25) is 0 Å². The van der Waals surface area contributed by atoms with Crippen molar-refractivity contribution in [1.29, 1.82) is 0 Å². The molecular weight excluding hydrogens is 301 g/mol. The Labute approximate surface area is 139 Å². The normalized spacial score (nSPS) is 10.7. The van der Waals surface area contributed by atoms with E-state index in [0.717, 1.165) is 28.1 Å². The van der Waals surface area contributed by atoms with Crippen molar-refractivity contribution in [3.63, 3.8) is 0 Å². The second kappa shape index (κ2) is 6.08. The van der Waals surface area contributed by atoms with E-state index in [1.165, 1.54) is 12.1 Å². The van der Waals surface area contributed by atoms with Crippen molar-refractivity contribution in [3.05, 3.63) is 91.4 Å². The lowest BCUT2D eigenvalue weighted by atomic mass is 9.97. The quantitative estimate of drug-likeness (QED) is 0.546. The van der Waals surface area contributed by atoms with Gasteiger partial charge in [0.25, 0.3) is 0 Å². The van der Waals surface area contributed by atoms with E-state index in [0.29, 0.717) is 0 Å². The number of hydrogen-bond acceptors (Lipinski definition) is 2. The second-order valence-corrected chi connectivity index (χ2v) is 5.40. The summed E-state index contributed by atoms with van der Waals surface area (Å²) in [7, 11) is 0. The van der Waals surface area contributed by atoms with E-state index in [4.69, 9.17) is 0 Å². The minimum Gasteiger partial charge on any atom is -0.306 e. The van der Waals surface area contributed by atoms with Crippen molar-refractivity contribution in [2.45, 2.75) is 0 Å². The van der Waals surface area contributed by atoms with Gasteiger partial charge in [0, 0.05) is 29.7 Å². The fourth-order valence-corrected chi connectivity index (χ4v) is 2.78. The SMILES string of the molecule is Fc1ccc(-c2nccc(-n3ccnc3)c2-c2ccccc2)cc1. The molecule has 0 unspecified atom stereocenters. The number of hydrogen-bond donors (Lipinski definition) is 0. The van der Waals surface area contributed by atoms with Gasteiger partial charge in [-0.1, -0.05) is 30.3 Å². The monoisotopic (exact) mass is 315 g/mol. The molecule has 3 nitrogen and oxygen atoms in total. The maximum absolute atomic E-state index is 13.3. The first kappa shape index (κ1) is 14.3. The van der Waals surface area contributed by atoms with Crippen molar-refractivity contribution in [1.82, 2.24) is 14.5 Å². The van der Waals surface area contributed by atoms with Crippen LogP contribution in [0.25, 0.3) is 28.1 Å². The first-order valence-electron chi connectivity index (χ1n) is 7.61. The van der Waals surface area contributed by atoms with Gasteiger partial charge < -0.3 is 4.57 Å². The van der Waals surface area contributed by atoms with Crippen LogP contribution >= 0.6 is 0 Å². The van der Waals surface area contributed by atoms with Crippen LogP contribution < -0.4 is 0 Å². The Hall–Kier alpha value is -3.27. The Morgan fingerprint density at radius 1 is 0.792 bits per heavy atom. The molecule has 2 heterocycles. The van der Waals surface area contributed by atoms with Gasteiger partial charge in [-0.05, 0) is 35.9 Å². The summed E-state index contributed by atoms with van der Waals surface area (Å²) in [6.45, 7) is 0. The molecule has 0 N–H and O–H groups in total. The molecule has 0 atom stereocenters. The van der Waals surface area contributed by atoms with Crippen molar-refractivity contribution in [2.75, 3.05) is 0 Å². The lowest BCUT2D eigenvalue weighted by Gasteiger charge is -2.15. The van der Waals surface area contributed by atoms with Gasteiger partial charge in [-0.2, -0.15) is 0 Å². The molecule has 0 spiro atoms. The molecule has 0 amide bonds. The van der Waals surface area contributed by atoms with Crippen molar-refractivity contribution < 1.29 is 4.39 Å². The van der Waals surface area contributed by atoms with Crippen LogP contribution in [0.15, 0.2) is 85.6 Å². The van der Waals surface area contributed by atoms with Crippen LogP contribution in [0, 0.1) is 5.82 Å². The van der Waals surface area contributed by atoms with Crippen LogP contribution in [0.2, 0.25) is 0 Å². The number of rotatable bonds is 3. The average molecular weight is 315 g/mol. The van der Waals surface area contributed by atoms with E-state index < -0.39 is 0 Å². The maximum atomic E-state index is 13.3. The van der Waals surface area contributed by atoms with Crippen LogP contribution in [-0.2, 0) is 0 Å². The van der Waals surface area contributed by atoms with Crippen molar-refractivity contribution in [2.24, 2.45) is 0 Å². The van der Waals surface area contributed by atoms with Crippen LogP contribution in [-0.4, -0.2) is 14.5 Å². The standard InChI is InChI=1S/C20H14FN3/c21-17-8-6-16(7-9-17)20-19(15-4-2-1-3-5-15)18(10-11-23-20)24-13-12-22-14-24/h1-14H. The highest BCUT2D eigenvalue weighted by atomic mass is 19.1. The zero-order valence-electron chi connectivity index (χ0n) is 12.8. The van der Waals surface area contributed by atoms with E-state index in [2.05, 4.69) is 9.97 Å². The molecule has 0 aliphatic rings. The lowest BCUT2D eigenvalue weighted by molar-refractivity contribution is 0.628. The lowest BCUT2D eigenvalue weighted by Crippen LogP contribution is -1.98. The molecule has 0 saturated heterocycles. The fraction of sp³-hybridized carbons (Fsp3) is 0. The fourth-order valence-electron chi connectivity index (χ4n) is 2.78. The van der Waals surface area contributed by atoms with E-state index in [9.17, 15) is 4.39 Å². The minimum atomic E-state index is -0.259. The summed E-state index contributed by atoms with van der Waals surface area (Å²) in [5.41, 5.74) is 4.70. The molecule has 0 aliphatic carbocycles. The van der Waals surface area contributed by atoms with Gasteiger partial charge in [0.1, 0.15) is 5.82 Å². The summed E-state index contributed by atoms with van der Waals surface area (Å²) in [5.74, 6) is -0.259. The van der Waals surface area contributed by atoms with Gasteiger partial charge in [0.05, 0.1) is 17.7 Å². The Kier molecular flexibility index (Phi) is 3.63. The van der Waals surface area contributed by atoms with Crippen LogP contribution in [0.5, 0.6) is 0 Å². The van der Waals surface area contributed by atoms with Gasteiger partial charge in [-0.3, -0.25) is 4.98 Å².